The molecule has 19 heavy (non-hydrogen) atoms. The summed E-state index contributed by atoms with van der Waals surface area (Å²) >= 11 is 0. The van der Waals surface area contributed by atoms with Crippen LogP contribution in [0.5, 0.6) is 0 Å². The van der Waals surface area contributed by atoms with Crippen molar-refractivity contribution in [3.05, 3.63) is 41.5 Å². The molecule has 0 bridgehead atoms. The summed E-state index contributed by atoms with van der Waals surface area (Å²) in [6, 6.07) is 5.82. The molecule has 0 unspecified atom stereocenters. The third kappa shape index (κ3) is 3.17. The molecule has 2 rings (SSSR count). The van der Waals surface area contributed by atoms with Crippen molar-refractivity contribution in [3.63, 3.8) is 0 Å². The summed E-state index contributed by atoms with van der Waals surface area (Å²) < 4.78 is 0. The number of hydrazine groups is 1. The second-order valence-corrected chi connectivity index (χ2v) is 4.13. The zero-order chi connectivity index (χ0) is 13.7. The van der Waals surface area contributed by atoms with Gasteiger partial charge in [-0.2, -0.15) is 0 Å². The minimum atomic E-state index is 0.617. The van der Waals surface area contributed by atoms with Crippen LogP contribution in [0.4, 0.5) is 11.6 Å². The number of aromatic nitrogens is 3. The van der Waals surface area contributed by atoms with Crippen LogP contribution < -0.4 is 16.6 Å². The number of pyridine rings is 1. The van der Waals surface area contributed by atoms with Gasteiger partial charge in [0.25, 0.3) is 0 Å². The number of hydrogen-bond acceptors (Lipinski definition) is 6. The van der Waals surface area contributed by atoms with E-state index in [1.165, 1.54) is 0 Å². The van der Waals surface area contributed by atoms with E-state index in [1.807, 2.05) is 32.0 Å². The van der Waals surface area contributed by atoms with Gasteiger partial charge in [0.05, 0.1) is 12.2 Å². The van der Waals surface area contributed by atoms with Gasteiger partial charge in [-0.15, -0.1) is 0 Å². The molecule has 0 aliphatic carbocycles. The average Bonchev–Trinajstić information content (AvgIpc) is 2.47. The summed E-state index contributed by atoms with van der Waals surface area (Å²) in [6.45, 7) is 4.55. The number of nitrogens with two attached hydrogens (primary N) is 1. The van der Waals surface area contributed by atoms with Gasteiger partial charge in [0.15, 0.2) is 0 Å². The van der Waals surface area contributed by atoms with E-state index < -0.39 is 0 Å². The van der Waals surface area contributed by atoms with Crippen LogP contribution in [0.3, 0.4) is 0 Å². The van der Waals surface area contributed by atoms with E-state index in [0.717, 1.165) is 29.3 Å². The summed E-state index contributed by atoms with van der Waals surface area (Å²) in [5, 5.41) is 3.27. The molecule has 4 N–H and O–H groups in total. The Balaban J connectivity index is 2.19. The molecule has 0 saturated carbocycles. The van der Waals surface area contributed by atoms with E-state index >= 15 is 0 Å². The van der Waals surface area contributed by atoms with E-state index in [2.05, 4.69) is 25.7 Å². The Morgan fingerprint density at radius 2 is 2.00 bits per heavy atom. The minimum absolute atomic E-state index is 0.617. The first-order chi connectivity index (χ1) is 9.24. The molecule has 0 amide bonds. The Kier molecular flexibility index (Phi) is 4.25. The second kappa shape index (κ2) is 6.10. The van der Waals surface area contributed by atoms with Gasteiger partial charge in [0.1, 0.15) is 17.5 Å². The second-order valence-electron chi connectivity index (χ2n) is 4.13. The van der Waals surface area contributed by atoms with Crippen LogP contribution in [0, 0.1) is 6.92 Å². The van der Waals surface area contributed by atoms with Gasteiger partial charge in [0, 0.05) is 18.2 Å². The highest BCUT2D eigenvalue weighted by atomic mass is 15.3. The number of nitrogen functional groups attached to an aromatic ring is 1. The van der Waals surface area contributed by atoms with Crippen molar-refractivity contribution in [2.45, 2.75) is 26.8 Å². The fraction of sp³-hybridized carbons (Fsp3) is 0.308. The molecule has 0 aromatic carbocycles. The predicted octanol–water partition coefficient (Wildman–Crippen LogP) is 1.64. The lowest BCUT2D eigenvalue weighted by Crippen LogP contribution is -2.15. The molecule has 0 aliphatic rings. The van der Waals surface area contributed by atoms with Gasteiger partial charge in [0.2, 0.25) is 0 Å². The molecule has 6 nitrogen and oxygen atoms in total. The number of nitrogens with one attached hydrogen (secondary N) is 2. The van der Waals surface area contributed by atoms with Crippen molar-refractivity contribution in [2.75, 3.05) is 10.7 Å². The van der Waals surface area contributed by atoms with Gasteiger partial charge in [-0.1, -0.05) is 13.0 Å². The number of aryl methyl sites for hydroxylation is 1. The van der Waals surface area contributed by atoms with Crippen molar-refractivity contribution >= 4 is 11.6 Å². The molecule has 0 aliphatic heterocycles. The molecule has 2 heterocycles. The highest BCUT2D eigenvalue weighted by Gasteiger charge is 2.09. The quantitative estimate of drug-likeness (QED) is 0.558. The Bertz CT molecular complexity index is 540. The fourth-order valence-corrected chi connectivity index (χ4v) is 1.71. The smallest absolute Gasteiger partial charge is 0.148 e. The van der Waals surface area contributed by atoms with Crippen molar-refractivity contribution in [3.8, 4) is 0 Å². The van der Waals surface area contributed by atoms with Crippen molar-refractivity contribution < 1.29 is 0 Å². The molecule has 2 aromatic heterocycles. The Hall–Kier alpha value is -2.21. The first-order valence-corrected chi connectivity index (χ1v) is 6.22. The van der Waals surface area contributed by atoms with Crippen LogP contribution >= 0.6 is 0 Å². The third-order valence-electron chi connectivity index (χ3n) is 2.81. The van der Waals surface area contributed by atoms with Crippen LogP contribution in [0.2, 0.25) is 0 Å². The number of rotatable bonds is 5. The minimum Gasteiger partial charge on any atom is -0.364 e. The maximum atomic E-state index is 5.47. The zero-order valence-corrected chi connectivity index (χ0v) is 11.1. The Morgan fingerprint density at radius 3 is 2.63 bits per heavy atom. The van der Waals surface area contributed by atoms with E-state index in [0.29, 0.717) is 12.4 Å². The van der Waals surface area contributed by atoms with E-state index in [9.17, 15) is 0 Å². The molecule has 2 aromatic rings. The molecule has 0 atom stereocenters. The maximum absolute atomic E-state index is 5.47. The molecule has 0 fully saturated rings. The highest BCUT2D eigenvalue weighted by Crippen LogP contribution is 2.19. The van der Waals surface area contributed by atoms with Crippen LogP contribution in [-0.4, -0.2) is 15.0 Å². The van der Waals surface area contributed by atoms with E-state index in [-0.39, 0.29) is 0 Å². The maximum Gasteiger partial charge on any atom is 0.148 e. The summed E-state index contributed by atoms with van der Waals surface area (Å²) in [4.78, 5) is 13.1. The van der Waals surface area contributed by atoms with Crippen LogP contribution in [-0.2, 0) is 13.0 Å². The van der Waals surface area contributed by atoms with E-state index in [4.69, 9.17) is 5.84 Å². The van der Waals surface area contributed by atoms with Gasteiger partial charge in [-0.25, -0.2) is 15.8 Å². The van der Waals surface area contributed by atoms with E-state index in [1.54, 1.807) is 6.20 Å². The summed E-state index contributed by atoms with van der Waals surface area (Å²) in [5.41, 5.74) is 4.46. The molecule has 0 spiro atoms. The zero-order valence-electron chi connectivity index (χ0n) is 11.1. The highest BCUT2D eigenvalue weighted by molar-refractivity contribution is 5.56. The first-order valence-electron chi connectivity index (χ1n) is 6.22. The summed E-state index contributed by atoms with van der Waals surface area (Å²) in [6.07, 6.45) is 2.53. The van der Waals surface area contributed by atoms with Crippen LogP contribution in [0.15, 0.2) is 24.4 Å². The van der Waals surface area contributed by atoms with Gasteiger partial charge >= 0.3 is 0 Å². The van der Waals surface area contributed by atoms with Crippen molar-refractivity contribution in [1.29, 1.82) is 0 Å². The lowest BCUT2D eigenvalue weighted by atomic mass is 10.3. The molecule has 0 saturated heterocycles. The summed E-state index contributed by atoms with van der Waals surface area (Å²) in [5.74, 6) is 7.65. The SMILES string of the molecule is CCc1nc(NN)c(C)c(NCc2ccccn2)n1. The van der Waals surface area contributed by atoms with Gasteiger partial charge in [-0.3, -0.25) is 4.98 Å². The van der Waals surface area contributed by atoms with Gasteiger partial charge < -0.3 is 10.7 Å². The lowest BCUT2D eigenvalue weighted by Gasteiger charge is -2.12. The van der Waals surface area contributed by atoms with Crippen molar-refractivity contribution in [2.24, 2.45) is 5.84 Å². The van der Waals surface area contributed by atoms with Crippen LogP contribution in [0.25, 0.3) is 0 Å². The summed E-state index contributed by atoms with van der Waals surface area (Å²) in [7, 11) is 0. The molecular weight excluding hydrogens is 240 g/mol. The number of hydrogen-bond donors (Lipinski definition) is 3. The Morgan fingerprint density at radius 1 is 1.21 bits per heavy atom. The normalized spacial score (nSPS) is 10.3. The number of nitrogens with zero attached hydrogens (tertiary/aromatic N) is 3. The van der Waals surface area contributed by atoms with Crippen LogP contribution in [0.1, 0.15) is 24.0 Å². The molecule has 0 radical (unpaired) electrons. The molecule has 100 valence electrons. The van der Waals surface area contributed by atoms with Crippen molar-refractivity contribution in [1.82, 2.24) is 15.0 Å². The third-order valence-corrected chi connectivity index (χ3v) is 2.81. The predicted molar refractivity (Wildman–Crippen MR) is 75.5 cm³/mol. The average molecular weight is 258 g/mol. The monoisotopic (exact) mass is 258 g/mol. The lowest BCUT2D eigenvalue weighted by molar-refractivity contribution is 0.916. The molecule has 6 heteroatoms. The fourth-order valence-electron chi connectivity index (χ4n) is 1.71. The van der Waals surface area contributed by atoms with Gasteiger partial charge in [-0.05, 0) is 19.1 Å². The Labute approximate surface area is 112 Å². The topological polar surface area (TPSA) is 88.8 Å². The first kappa shape index (κ1) is 13.2. The largest absolute Gasteiger partial charge is 0.364 e. The number of anilines is 2. The standard InChI is InChI=1S/C13H18N6/c1-3-11-17-12(9(2)13(18-11)19-14)16-8-10-6-4-5-7-15-10/h4-7H,3,8,14H2,1-2H3,(H2,16,17,18,19). The molecular formula is C13H18N6.